The van der Waals surface area contributed by atoms with Gasteiger partial charge in [0.1, 0.15) is 0 Å². The quantitative estimate of drug-likeness (QED) is 0.790. The molecule has 2 rings (SSSR count). The van der Waals surface area contributed by atoms with Crippen LogP contribution in [0.25, 0.3) is 0 Å². The zero-order chi connectivity index (χ0) is 19.1. The van der Waals surface area contributed by atoms with Crippen LogP contribution in [0.15, 0.2) is 42.5 Å². The predicted octanol–water partition coefficient (Wildman–Crippen LogP) is 4.24. The van der Waals surface area contributed by atoms with Gasteiger partial charge in [-0.2, -0.15) is 0 Å². The number of carbonyl (C=O) groups is 2. The van der Waals surface area contributed by atoms with Crippen molar-refractivity contribution in [2.24, 2.45) is 0 Å². The molecule has 0 aliphatic carbocycles. The van der Waals surface area contributed by atoms with E-state index in [9.17, 15) is 9.59 Å². The van der Waals surface area contributed by atoms with Crippen molar-refractivity contribution in [3.63, 3.8) is 0 Å². The third-order valence-corrected chi connectivity index (χ3v) is 4.62. The smallest absolute Gasteiger partial charge is 0.244 e. The first-order chi connectivity index (χ1) is 12.4. The van der Waals surface area contributed by atoms with Crippen molar-refractivity contribution in [2.75, 3.05) is 18.4 Å². The van der Waals surface area contributed by atoms with Gasteiger partial charge in [0.15, 0.2) is 0 Å². The second-order valence-electron chi connectivity index (χ2n) is 6.33. The van der Waals surface area contributed by atoms with E-state index in [1.165, 1.54) is 6.92 Å². The standard InChI is InChI=1S/C21H25ClN2O2/c1-4-18-7-5-6-15(2)21(18)23-20(26)14-24(16(3)25)13-12-17-8-10-19(22)11-9-17/h5-11H,4,12-14H2,1-3H3,(H,23,26). The number of halogens is 1. The Kier molecular flexibility index (Phi) is 7.22. The molecule has 4 nitrogen and oxygen atoms in total. The minimum absolute atomic E-state index is 0.0421. The fraction of sp³-hybridized carbons (Fsp3) is 0.333. The van der Waals surface area contributed by atoms with Crippen LogP contribution in [0.3, 0.4) is 0 Å². The Bertz CT molecular complexity index is 772. The first-order valence-electron chi connectivity index (χ1n) is 8.79. The molecule has 2 amide bonds. The Morgan fingerprint density at radius 2 is 1.81 bits per heavy atom. The number of carbonyl (C=O) groups excluding carboxylic acids is 2. The maximum atomic E-state index is 12.5. The largest absolute Gasteiger partial charge is 0.333 e. The second kappa shape index (κ2) is 9.39. The number of aryl methyl sites for hydroxylation is 2. The Balaban J connectivity index is 2.00. The molecule has 0 heterocycles. The number of anilines is 1. The number of para-hydroxylation sites is 1. The van der Waals surface area contributed by atoms with Gasteiger partial charge in [0, 0.05) is 24.2 Å². The number of benzene rings is 2. The van der Waals surface area contributed by atoms with E-state index in [4.69, 9.17) is 11.6 Å². The second-order valence-corrected chi connectivity index (χ2v) is 6.76. The fourth-order valence-electron chi connectivity index (χ4n) is 2.82. The molecule has 0 radical (unpaired) electrons. The predicted molar refractivity (Wildman–Crippen MR) is 107 cm³/mol. The van der Waals surface area contributed by atoms with Gasteiger partial charge in [-0.05, 0) is 48.6 Å². The van der Waals surface area contributed by atoms with Crippen molar-refractivity contribution in [1.29, 1.82) is 0 Å². The number of nitrogens with zero attached hydrogens (tertiary/aromatic N) is 1. The molecule has 26 heavy (non-hydrogen) atoms. The van der Waals surface area contributed by atoms with Gasteiger partial charge in [-0.3, -0.25) is 9.59 Å². The van der Waals surface area contributed by atoms with Crippen LogP contribution in [0.2, 0.25) is 5.02 Å². The Morgan fingerprint density at radius 1 is 1.12 bits per heavy atom. The highest BCUT2D eigenvalue weighted by atomic mass is 35.5. The number of nitrogens with one attached hydrogen (secondary N) is 1. The van der Waals surface area contributed by atoms with Crippen LogP contribution in [-0.2, 0) is 22.4 Å². The molecular weight excluding hydrogens is 348 g/mol. The number of hydrogen-bond donors (Lipinski definition) is 1. The molecule has 0 bridgehead atoms. The SMILES string of the molecule is CCc1cccc(C)c1NC(=O)CN(CCc1ccc(Cl)cc1)C(C)=O. The minimum Gasteiger partial charge on any atom is -0.333 e. The third kappa shape index (κ3) is 5.60. The van der Waals surface area contributed by atoms with Crippen LogP contribution in [0.1, 0.15) is 30.5 Å². The normalized spacial score (nSPS) is 10.5. The van der Waals surface area contributed by atoms with Crippen molar-refractivity contribution in [1.82, 2.24) is 4.90 Å². The third-order valence-electron chi connectivity index (χ3n) is 4.37. The van der Waals surface area contributed by atoms with Gasteiger partial charge >= 0.3 is 0 Å². The van der Waals surface area contributed by atoms with Gasteiger partial charge in [0.05, 0.1) is 6.54 Å². The minimum atomic E-state index is -0.180. The van der Waals surface area contributed by atoms with E-state index in [1.54, 1.807) is 4.90 Å². The topological polar surface area (TPSA) is 49.4 Å². The van der Waals surface area contributed by atoms with Crippen LogP contribution >= 0.6 is 11.6 Å². The molecule has 0 aliphatic heterocycles. The summed E-state index contributed by atoms with van der Waals surface area (Å²) in [5, 5.41) is 3.65. The average molecular weight is 373 g/mol. The van der Waals surface area contributed by atoms with Crippen LogP contribution in [0.5, 0.6) is 0 Å². The Morgan fingerprint density at radius 3 is 2.42 bits per heavy atom. The highest BCUT2D eigenvalue weighted by Gasteiger charge is 2.15. The molecule has 0 fully saturated rings. The van der Waals surface area contributed by atoms with E-state index >= 15 is 0 Å². The molecule has 5 heteroatoms. The highest BCUT2D eigenvalue weighted by Crippen LogP contribution is 2.21. The number of amides is 2. The first kappa shape index (κ1) is 20.0. The first-order valence-corrected chi connectivity index (χ1v) is 9.16. The van der Waals surface area contributed by atoms with Crippen molar-refractivity contribution in [3.8, 4) is 0 Å². The monoisotopic (exact) mass is 372 g/mol. The Hall–Kier alpha value is -2.33. The van der Waals surface area contributed by atoms with E-state index in [0.29, 0.717) is 18.0 Å². The van der Waals surface area contributed by atoms with Crippen molar-refractivity contribution < 1.29 is 9.59 Å². The zero-order valence-corrected chi connectivity index (χ0v) is 16.3. The van der Waals surface area contributed by atoms with E-state index in [1.807, 2.05) is 49.4 Å². The molecule has 0 atom stereocenters. The van der Waals surface area contributed by atoms with Gasteiger partial charge in [-0.25, -0.2) is 0 Å². The lowest BCUT2D eigenvalue weighted by Crippen LogP contribution is -2.38. The molecule has 2 aromatic carbocycles. The van der Waals surface area contributed by atoms with Crippen molar-refractivity contribution in [2.45, 2.75) is 33.6 Å². The molecule has 1 N–H and O–H groups in total. The molecular formula is C21H25ClN2O2. The van der Waals surface area contributed by atoms with Gasteiger partial charge < -0.3 is 10.2 Å². The van der Waals surface area contributed by atoms with Gasteiger partial charge in [0.2, 0.25) is 11.8 Å². The molecule has 0 saturated heterocycles. The van der Waals surface area contributed by atoms with Gasteiger partial charge in [-0.1, -0.05) is 48.9 Å². The maximum absolute atomic E-state index is 12.5. The van der Waals surface area contributed by atoms with E-state index in [-0.39, 0.29) is 18.4 Å². The summed E-state index contributed by atoms with van der Waals surface area (Å²) >= 11 is 5.89. The highest BCUT2D eigenvalue weighted by molar-refractivity contribution is 6.30. The summed E-state index contributed by atoms with van der Waals surface area (Å²) in [7, 11) is 0. The van der Waals surface area contributed by atoms with E-state index < -0.39 is 0 Å². The molecule has 138 valence electrons. The fourth-order valence-corrected chi connectivity index (χ4v) is 2.94. The van der Waals surface area contributed by atoms with Crippen molar-refractivity contribution >= 4 is 29.1 Å². The maximum Gasteiger partial charge on any atom is 0.244 e. The van der Waals surface area contributed by atoms with Crippen LogP contribution in [0, 0.1) is 6.92 Å². The number of hydrogen-bond acceptors (Lipinski definition) is 2. The molecule has 0 unspecified atom stereocenters. The lowest BCUT2D eigenvalue weighted by Gasteiger charge is -2.21. The lowest BCUT2D eigenvalue weighted by atomic mass is 10.1. The average Bonchev–Trinajstić information content (AvgIpc) is 2.61. The van der Waals surface area contributed by atoms with Crippen LogP contribution in [0.4, 0.5) is 5.69 Å². The summed E-state index contributed by atoms with van der Waals surface area (Å²) in [6, 6.07) is 13.5. The molecule has 2 aromatic rings. The zero-order valence-electron chi connectivity index (χ0n) is 15.5. The number of rotatable bonds is 7. The van der Waals surface area contributed by atoms with Crippen molar-refractivity contribution in [3.05, 3.63) is 64.2 Å². The van der Waals surface area contributed by atoms with E-state index in [0.717, 1.165) is 28.8 Å². The van der Waals surface area contributed by atoms with Gasteiger partial charge in [-0.15, -0.1) is 0 Å². The molecule has 0 aromatic heterocycles. The summed E-state index contributed by atoms with van der Waals surface area (Å²) in [5.41, 5.74) is 4.04. The summed E-state index contributed by atoms with van der Waals surface area (Å²) < 4.78 is 0. The van der Waals surface area contributed by atoms with Gasteiger partial charge in [0.25, 0.3) is 0 Å². The lowest BCUT2D eigenvalue weighted by molar-refractivity contribution is -0.132. The van der Waals surface area contributed by atoms with Crippen LogP contribution in [-0.4, -0.2) is 29.8 Å². The Labute approximate surface area is 160 Å². The summed E-state index contributed by atoms with van der Waals surface area (Å²) in [6.45, 7) is 6.04. The summed E-state index contributed by atoms with van der Waals surface area (Å²) in [5.74, 6) is -0.296. The molecule has 0 saturated carbocycles. The van der Waals surface area contributed by atoms with E-state index in [2.05, 4.69) is 12.2 Å². The molecule has 0 aliphatic rings. The molecule has 0 spiro atoms. The summed E-state index contributed by atoms with van der Waals surface area (Å²) in [6.07, 6.45) is 1.51. The summed E-state index contributed by atoms with van der Waals surface area (Å²) in [4.78, 5) is 26.0. The van der Waals surface area contributed by atoms with Crippen LogP contribution < -0.4 is 5.32 Å².